The van der Waals surface area contributed by atoms with Gasteiger partial charge in [-0.05, 0) is 17.5 Å². The van der Waals surface area contributed by atoms with E-state index in [1.165, 1.54) is 4.88 Å². The Hall–Kier alpha value is -1.92. The first kappa shape index (κ1) is 12.1. The molecule has 1 unspecified atom stereocenters. The van der Waals surface area contributed by atoms with E-state index in [1.807, 2.05) is 30.1 Å². The molecular formula is C13H15N5S. The van der Waals surface area contributed by atoms with Crippen LogP contribution in [0.25, 0.3) is 0 Å². The van der Waals surface area contributed by atoms with Gasteiger partial charge < -0.3 is 4.57 Å². The highest BCUT2D eigenvalue weighted by Crippen LogP contribution is 2.24. The van der Waals surface area contributed by atoms with Crippen molar-refractivity contribution in [3.63, 3.8) is 0 Å². The van der Waals surface area contributed by atoms with Gasteiger partial charge >= 0.3 is 0 Å². The summed E-state index contributed by atoms with van der Waals surface area (Å²) in [5, 5.41) is 12.5. The molecule has 1 atom stereocenters. The number of aryl methyl sites for hydroxylation is 1. The van der Waals surface area contributed by atoms with Gasteiger partial charge in [-0.25, -0.2) is 4.98 Å². The van der Waals surface area contributed by atoms with Crippen LogP contribution < -0.4 is 5.32 Å². The molecule has 0 aliphatic carbocycles. The number of hydrogen-bond donors (Lipinski definition) is 2. The van der Waals surface area contributed by atoms with Crippen LogP contribution in [0.3, 0.4) is 0 Å². The predicted molar refractivity (Wildman–Crippen MR) is 74.8 cm³/mol. The van der Waals surface area contributed by atoms with Crippen LogP contribution in [-0.4, -0.2) is 19.7 Å². The number of hydrogen-bond acceptors (Lipinski definition) is 4. The van der Waals surface area contributed by atoms with Crippen LogP contribution >= 0.6 is 11.3 Å². The minimum Gasteiger partial charge on any atom is -0.336 e. The normalized spacial score (nSPS) is 12.7. The number of nitrogens with one attached hydrogen (secondary N) is 2. The summed E-state index contributed by atoms with van der Waals surface area (Å²) in [6.45, 7) is 0.732. The maximum atomic E-state index is 4.45. The molecule has 0 spiro atoms. The molecule has 0 saturated heterocycles. The quantitative estimate of drug-likeness (QED) is 0.748. The van der Waals surface area contributed by atoms with Crippen LogP contribution in [0.2, 0.25) is 0 Å². The summed E-state index contributed by atoms with van der Waals surface area (Å²) in [5.41, 5.74) is 1.07. The highest BCUT2D eigenvalue weighted by molar-refractivity contribution is 7.10. The van der Waals surface area contributed by atoms with E-state index in [9.17, 15) is 0 Å². The summed E-state index contributed by atoms with van der Waals surface area (Å²) in [6.07, 6.45) is 5.56. The predicted octanol–water partition coefficient (Wildman–Crippen LogP) is 2.08. The van der Waals surface area contributed by atoms with Gasteiger partial charge in [-0.2, -0.15) is 5.10 Å². The lowest BCUT2D eigenvalue weighted by molar-refractivity contribution is 0.559. The lowest BCUT2D eigenvalue weighted by Gasteiger charge is -2.16. The second-order valence-corrected chi connectivity index (χ2v) is 5.29. The van der Waals surface area contributed by atoms with Crippen LogP contribution in [0.1, 0.15) is 22.4 Å². The summed E-state index contributed by atoms with van der Waals surface area (Å²) in [6, 6.07) is 6.26. The van der Waals surface area contributed by atoms with Crippen molar-refractivity contribution in [2.75, 3.05) is 0 Å². The molecule has 0 aliphatic heterocycles. The molecule has 0 fully saturated rings. The molecule has 5 nitrogen and oxygen atoms in total. The zero-order valence-corrected chi connectivity index (χ0v) is 11.4. The lowest BCUT2D eigenvalue weighted by atomic mass is 10.2. The molecule has 3 heterocycles. The monoisotopic (exact) mass is 273 g/mol. The molecule has 0 saturated carbocycles. The highest BCUT2D eigenvalue weighted by atomic mass is 32.1. The lowest BCUT2D eigenvalue weighted by Crippen LogP contribution is -2.24. The fourth-order valence-corrected chi connectivity index (χ4v) is 2.82. The molecule has 3 rings (SSSR count). The third-order valence-electron chi connectivity index (χ3n) is 3.00. The first-order valence-corrected chi connectivity index (χ1v) is 6.95. The van der Waals surface area contributed by atoms with Crippen molar-refractivity contribution in [3.05, 3.63) is 58.6 Å². The van der Waals surface area contributed by atoms with E-state index < -0.39 is 0 Å². The van der Waals surface area contributed by atoms with Crippen molar-refractivity contribution in [1.29, 1.82) is 0 Å². The number of aromatic nitrogens is 4. The van der Waals surface area contributed by atoms with Crippen LogP contribution in [0, 0.1) is 0 Å². The summed E-state index contributed by atoms with van der Waals surface area (Å²) in [7, 11) is 2.01. The second-order valence-electron chi connectivity index (χ2n) is 4.31. The molecule has 0 amide bonds. The van der Waals surface area contributed by atoms with Gasteiger partial charge in [0.1, 0.15) is 11.9 Å². The largest absolute Gasteiger partial charge is 0.336 e. The Morgan fingerprint density at radius 2 is 2.37 bits per heavy atom. The summed E-state index contributed by atoms with van der Waals surface area (Å²) in [5.74, 6) is 1.02. The zero-order chi connectivity index (χ0) is 13.1. The molecule has 0 aliphatic rings. The molecule has 19 heavy (non-hydrogen) atoms. The number of aromatic amines is 1. The zero-order valence-electron chi connectivity index (χ0n) is 10.6. The van der Waals surface area contributed by atoms with E-state index in [4.69, 9.17) is 0 Å². The summed E-state index contributed by atoms with van der Waals surface area (Å²) < 4.78 is 2.05. The van der Waals surface area contributed by atoms with E-state index >= 15 is 0 Å². The first-order valence-electron chi connectivity index (χ1n) is 6.07. The Balaban J connectivity index is 1.83. The smallest absolute Gasteiger partial charge is 0.131 e. The third-order valence-corrected chi connectivity index (χ3v) is 3.94. The van der Waals surface area contributed by atoms with E-state index in [1.54, 1.807) is 17.5 Å². The van der Waals surface area contributed by atoms with Crippen molar-refractivity contribution in [3.8, 4) is 0 Å². The molecule has 2 N–H and O–H groups in total. The van der Waals surface area contributed by atoms with Gasteiger partial charge in [0.05, 0.1) is 0 Å². The van der Waals surface area contributed by atoms with Crippen LogP contribution in [0.5, 0.6) is 0 Å². The summed E-state index contributed by atoms with van der Waals surface area (Å²) in [4.78, 5) is 5.71. The SMILES string of the molecule is Cn1ccnc1C(NCc1ccn[nH]1)c1cccs1. The topological polar surface area (TPSA) is 58.5 Å². The van der Waals surface area contributed by atoms with Gasteiger partial charge in [0.15, 0.2) is 0 Å². The van der Waals surface area contributed by atoms with Crippen LogP contribution in [-0.2, 0) is 13.6 Å². The van der Waals surface area contributed by atoms with Crippen molar-refractivity contribution in [2.24, 2.45) is 7.05 Å². The number of nitrogens with zero attached hydrogens (tertiary/aromatic N) is 3. The molecule has 3 aromatic rings. The molecule has 98 valence electrons. The Kier molecular flexibility index (Phi) is 3.43. The van der Waals surface area contributed by atoms with E-state index in [2.05, 4.69) is 38.0 Å². The van der Waals surface area contributed by atoms with E-state index in [0.717, 1.165) is 18.1 Å². The van der Waals surface area contributed by atoms with Crippen molar-refractivity contribution < 1.29 is 0 Å². The molecule has 0 radical (unpaired) electrons. The van der Waals surface area contributed by atoms with E-state index in [-0.39, 0.29) is 6.04 Å². The molecular weight excluding hydrogens is 258 g/mol. The Morgan fingerprint density at radius 1 is 1.42 bits per heavy atom. The fourth-order valence-electron chi connectivity index (χ4n) is 2.03. The first-order chi connectivity index (χ1) is 9.34. The molecule has 0 aromatic carbocycles. The minimum atomic E-state index is 0.100. The Bertz CT molecular complexity index is 611. The van der Waals surface area contributed by atoms with Gasteiger partial charge in [0.25, 0.3) is 0 Å². The second kappa shape index (κ2) is 5.38. The Morgan fingerprint density at radius 3 is 3.00 bits per heavy atom. The van der Waals surface area contributed by atoms with E-state index in [0.29, 0.717) is 0 Å². The van der Waals surface area contributed by atoms with Crippen molar-refractivity contribution in [2.45, 2.75) is 12.6 Å². The average Bonchev–Trinajstić information content (AvgIpc) is 3.13. The van der Waals surface area contributed by atoms with Gasteiger partial charge in [0, 0.05) is 42.8 Å². The maximum Gasteiger partial charge on any atom is 0.131 e. The van der Waals surface area contributed by atoms with Crippen molar-refractivity contribution >= 4 is 11.3 Å². The van der Waals surface area contributed by atoms with Crippen LogP contribution in [0.4, 0.5) is 0 Å². The number of rotatable bonds is 5. The van der Waals surface area contributed by atoms with Crippen LogP contribution in [0.15, 0.2) is 42.2 Å². The number of H-pyrrole nitrogens is 1. The van der Waals surface area contributed by atoms with Gasteiger partial charge in [-0.15, -0.1) is 11.3 Å². The Labute approximate surface area is 115 Å². The number of imidazole rings is 1. The third kappa shape index (κ3) is 2.59. The average molecular weight is 273 g/mol. The van der Waals surface area contributed by atoms with Crippen molar-refractivity contribution in [1.82, 2.24) is 25.1 Å². The fraction of sp³-hybridized carbons (Fsp3) is 0.231. The number of thiophene rings is 1. The minimum absolute atomic E-state index is 0.100. The van der Waals surface area contributed by atoms with Gasteiger partial charge in [0.2, 0.25) is 0 Å². The highest BCUT2D eigenvalue weighted by Gasteiger charge is 2.18. The van der Waals surface area contributed by atoms with Gasteiger partial charge in [-0.3, -0.25) is 10.4 Å². The van der Waals surface area contributed by atoms with Gasteiger partial charge in [-0.1, -0.05) is 6.07 Å². The molecule has 6 heteroatoms. The molecule has 0 bridgehead atoms. The summed E-state index contributed by atoms with van der Waals surface area (Å²) >= 11 is 1.73. The standard InChI is InChI=1S/C13H15N5S/c1-18-7-6-14-13(18)12(11-3-2-8-19-11)15-9-10-4-5-16-17-10/h2-8,12,15H,9H2,1H3,(H,16,17). The maximum absolute atomic E-state index is 4.45. The molecule has 3 aromatic heterocycles.